The zero-order chi connectivity index (χ0) is 32.9. The number of fused-ring (bicyclic) bond motifs is 1. The highest BCUT2D eigenvalue weighted by Gasteiger charge is 2.54. The number of nitrogens with zero attached hydrogens (tertiary/aromatic N) is 5. The van der Waals surface area contributed by atoms with Gasteiger partial charge in [0.1, 0.15) is 34.9 Å². The third-order valence-corrected chi connectivity index (χ3v) is 9.94. The number of carbonyl (C=O) groups excluding carboxylic acids is 2. The topological polar surface area (TPSA) is 210 Å². The van der Waals surface area contributed by atoms with Crippen LogP contribution in [0.3, 0.4) is 0 Å². The van der Waals surface area contributed by atoms with Crippen molar-refractivity contribution in [1.29, 1.82) is 0 Å². The number of aromatic nitrogens is 3. The van der Waals surface area contributed by atoms with Crippen molar-refractivity contribution in [2.75, 3.05) is 24.3 Å². The molecule has 0 spiro atoms. The van der Waals surface area contributed by atoms with Gasteiger partial charge in [0.15, 0.2) is 15.2 Å². The van der Waals surface area contributed by atoms with Crippen molar-refractivity contribution in [2.24, 2.45) is 5.16 Å². The van der Waals surface area contributed by atoms with E-state index in [-0.39, 0.29) is 22.2 Å². The molecule has 238 valence electrons. The first-order chi connectivity index (χ1) is 21.3. The van der Waals surface area contributed by atoms with Crippen molar-refractivity contribution in [3.63, 3.8) is 0 Å². The van der Waals surface area contributed by atoms with Gasteiger partial charge in [-0.3, -0.25) is 14.5 Å². The molecule has 2 atom stereocenters. The van der Waals surface area contributed by atoms with E-state index in [4.69, 9.17) is 20.5 Å². The molecular weight excluding hydrogens is 684 g/mol. The van der Waals surface area contributed by atoms with Crippen LogP contribution in [0.4, 0.5) is 18.3 Å². The van der Waals surface area contributed by atoms with Crippen molar-refractivity contribution < 1.29 is 47.4 Å². The Hall–Kier alpha value is -4.21. The molecule has 0 aliphatic carbocycles. The van der Waals surface area contributed by atoms with Gasteiger partial charge in [0, 0.05) is 22.4 Å². The standard InChI is InChI=1S/C22H19N7O5S4.C2HF3O2/c1-34-28-13(12-9-36-21(23)24-12)16(30)25-14-18(31)29-15(20(32)33)11(7-35-19(14)29)8-37-22-27-26-17(38-22)10-5-3-2-4-6-10;3-2(4,5)1(6)7/h2-6,9,14,19H,7-8H2,1H3,(H2,23,24)(H,25,30)(H,32,33);(H,6,7)/b28-13-;/t14-,19-;/m1./s1. The number of benzene rings is 1. The van der Waals surface area contributed by atoms with Crippen LogP contribution in [0.15, 0.2) is 56.5 Å². The quantitative estimate of drug-likeness (QED) is 0.109. The van der Waals surface area contributed by atoms with Gasteiger partial charge in [0.2, 0.25) is 0 Å². The highest BCUT2D eigenvalue weighted by atomic mass is 32.2. The van der Waals surface area contributed by atoms with Crippen molar-refractivity contribution in [1.82, 2.24) is 25.4 Å². The number of amides is 2. The number of hydrogen-bond donors (Lipinski definition) is 4. The number of aliphatic carboxylic acids is 2. The number of rotatable bonds is 9. The molecule has 45 heavy (non-hydrogen) atoms. The van der Waals surface area contributed by atoms with Gasteiger partial charge in [-0.15, -0.1) is 33.3 Å². The average Bonchev–Trinajstić information content (AvgIpc) is 3.66. The molecule has 0 saturated carbocycles. The minimum absolute atomic E-state index is 0.0670. The Bertz CT molecular complexity index is 1660. The number of carboxylic acid groups (broad SMARTS) is 2. The number of nitrogen functional groups attached to an aromatic ring is 1. The molecule has 1 saturated heterocycles. The van der Waals surface area contributed by atoms with Gasteiger partial charge in [-0.2, -0.15) is 13.2 Å². The summed E-state index contributed by atoms with van der Waals surface area (Å²) >= 11 is 5.29. The Morgan fingerprint density at radius 1 is 1.22 bits per heavy atom. The van der Waals surface area contributed by atoms with E-state index in [9.17, 15) is 32.7 Å². The number of alkyl halides is 3. The number of carbonyl (C=O) groups is 4. The Kier molecular flexibility index (Phi) is 10.7. The Morgan fingerprint density at radius 3 is 2.49 bits per heavy atom. The summed E-state index contributed by atoms with van der Waals surface area (Å²) in [6.45, 7) is 0. The van der Waals surface area contributed by atoms with E-state index in [0.717, 1.165) is 21.9 Å². The van der Waals surface area contributed by atoms with E-state index in [1.165, 1.54) is 46.9 Å². The van der Waals surface area contributed by atoms with E-state index >= 15 is 0 Å². The summed E-state index contributed by atoms with van der Waals surface area (Å²) in [5.41, 5.74) is 7.21. The lowest BCUT2D eigenvalue weighted by Gasteiger charge is -2.49. The van der Waals surface area contributed by atoms with Crippen molar-refractivity contribution in [3.05, 3.63) is 52.7 Å². The Labute approximate surface area is 267 Å². The van der Waals surface area contributed by atoms with Crippen LogP contribution in [0.1, 0.15) is 5.69 Å². The van der Waals surface area contributed by atoms with E-state index in [1.807, 2.05) is 30.3 Å². The normalized spacial score (nSPS) is 17.9. The van der Waals surface area contributed by atoms with Crippen LogP contribution in [0.5, 0.6) is 0 Å². The van der Waals surface area contributed by atoms with Crippen LogP contribution in [0.25, 0.3) is 10.6 Å². The maximum atomic E-state index is 13.0. The summed E-state index contributed by atoms with van der Waals surface area (Å²) < 4.78 is 32.4. The molecule has 5 N–H and O–H groups in total. The molecule has 1 fully saturated rings. The maximum Gasteiger partial charge on any atom is 0.490 e. The summed E-state index contributed by atoms with van der Waals surface area (Å²) in [5, 5.41) is 33.8. The predicted octanol–water partition coefficient (Wildman–Crippen LogP) is 2.76. The molecule has 2 aliphatic rings. The number of β-lactam (4-membered cyclic amide) rings is 1. The number of nitrogens with two attached hydrogens (primary N) is 1. The molecule has 14 nitrogen and oxygen atoms in total. The number of thioether (sulfide) groups is 2. The highest BCUT2D eigenvalue weighted by molar-refractivity contribution is 8.01. The summed E-state index contributed by atoms with van der Waals surface area (Å²) in [5.74, 6) is -4.45. The highest BCUT2D eigenvalue weighted by Crippen LogP contribution is 2.42. The van der Waals surface area contributed by atoms with Crippen LogP contribution >= 0.6 is 46.2 Å². The van der Waals surface area contributed by atoms with Gasteiger partial charge in [-0.05, 0) is 5.57 Å². The van der Waals surface area contributed by atoms with Gasteiger partial charge in [0.25, 0.3) is 11.8 Å². The van der Waals surface area contributed by atoms with Crippen LogP contribution in [0, 0.1) is 0 Å². The Balaban J connectivity index is 0.000000591. The first-order valence-electron chi connectivity index (χ1n) is 12.2. The van der Waals surface area contributed by atoms with Gasteiger partial charge in [-0.1, -0.05) is 58.6 Å². The lowest BCUT2D eigenvalue weighted by Crippen LogP contribution is -2.71. The van der Waals surface area contributed by atoms with Crippen molar-refractivity contribution in [2.45, 2.75) is 21.9 Å². The summed E-state index contributed by atoms with van der Waals surface area (Å²) in [6.07, 6.45) is -5.08. The molecule has 3 aromatic rings. The minimum Gasteiger partial charge on any atom is -0.477 e. The summed E-state index contributed by atoms with van der Waals surface area (Å²) in [7, 11) is 1.28. The summed E-state index contributed by atoms with van der Waals surface area (Å²) in [6, 6.07) is 8.72. The molecular formula is C24H20F3N7O7S4. The third-order valence-electron chi connectivity index (χ3n) is 5.74. The van der Waals surface area contributed by atoms with Crippen LogP contribution in [-0.2, 0) is 24.0 Å². The van der Waals surface area contributed by atoms with E-state index in [2.05, 4.69) is 25.7 Å². The molecule has 4 heterocycles. The number of halogens is 3. The smallest absolute Gasteiger partial charge is 0.477 e. The molecule has 0 radical (unpaired) electrons. The number of nitrogens with one attached hydrogen (secondary N) is 1. The molecule has 21 heteroatoms. The molecule has 2 amide bonds. The molecule has 2 aromatic heterocycles. The van der Waals surface area contributed by atoms with Crippen LogP contribution in [-0.4, -0.2) is 96.0 Å². The first kappa shape index (κ1) is 33.7. The fourth-order valence-corrected chi connectivity index (χ4v) is 7.70. The lowest BCUT2D eigenvalue weighted by molar-refractivity contribution is -0.192. The van der Waals surface area contributed by atoms with Crippen LogP contribution in [0.2, 0.25) is 0 Å². The lowest BCUT2D eigenvalue weighted by atomic mass is 10.0. The third kappa shape index (κ3) is 7.90. The fourth-order valence-electron chi connectivity index (χ4n) is 3.81. The molecule has 0 unspecified atom stereocenters. The van der Waals surface area contributed by atoms with Gasteiger partial charge < -0.3 is 26.1 Å². The SMILES string of the molecule is CO/N=C(\C(=O)N[C@@H]1C(=O)N2C(C(=O)O)=C(CSc3nnc(-c4ccccc4)s3)CS[C@H]12)c1csc(N)n1.O=C(O)C(F)(F)F. The van der Waals surface area contributed by atoms with Gasteiger partial charge in [-0.25, -0.2) is 14.6 Å². The van der Waals surface area contributed by atoms with Crippen LogP contribution < -0.4 is 11.1 Å². The first-order valence-corrected chi connectivity index (χ1v) is 15.9. The van der Waals surface area contributed by atoms with Gasteiger partial charge >= 0.3 is 18.1 Å². The summed E-state index contributed by atoms with van der Waals surface area (Å²) in [4.78, 5) is 57.0. The zero-order valence-corrected chi connectivity index (χ0v) is 25.8. The van der Waals surface area contributed by atoms with E-state index in [0.29, 0.717) is 21.4 Å². The molecule has 1 aromatic carbocycles. The minimum atomic E-state index is -5.08. The second-order valence-electron chi connectivity index (χ2n) is 8.64. The monoisotopic (exact) mass is 703 g/mol. The number of hydrogen-bond acceptors (Lipinski definition) is 14. The second kappa shape index (κ2) is 14.3. The van der Waals surface area contributed by atoms with Gasteiger partial charge in [0.05, 0.1) is 0 Å². The van der Waals surface area contributed by atoms with Crippen molar-refractivity contribution >= 4 is 80.8 Å². The maximum absolute atomic E-state index is 13.0. The van der Waals surface area contributed by atoms with E-state index < -0.39 is 41.3 Å². The number of thiazole rings is 1. The second-order valence-corrected chi connectivity index (χ2v) is 12.8. The van der Waals surface area contributed by atoms with E-state index in [1.54, 1.807) is 5.38 Å². The molecule has 0 bridgehead atoms. The predicted molar refractivity (Wildman–Crippen MR) is 160 cm³/mol. The Morgan fingerprint density at radius 2 is 1.91 bits per heavy atom. The number of anilines is 1. The average molecular weight is 704 g/mol. The number of oxime groups is 1. The molecule has 2 aliphatic heterocycles. The van der Waals surface area contributed by atoms with Crippen molar-refractivity contribution in [3.8, 4) is 10.6 Å². The zero-order valence-electron chi connectivity index (χ0n) is 22.5. The molecule has 5 rings (SSSR count). The largest absolute Gasteiger partial charge is 0.490 e. The fraction of sp³-hybridized carbons (Fsp3) is 0.250. The number of carboxylic acids is 2.